The molecule has 0 spiro atoms. The highest BCUT2D eigenvalue weighted by atomic mass is 16.4. The summed E-state index contributed by atoms with van der Waals surface area (Å²) in [4.78, 5) is 20.7. The van der Waals surface area contributed by atoms with Gasteiger partial charge in [-0.15, -0.1) is 0 Å². The van der Waals surface area contributed by atoms with E-state index in [4.69, 9.17) is 30.6 Å². The van der Waals surface area contributed by atoms with E-state index in [0.29, 0.717) is 0 Å². The lowest BCUT2D eigenvalue weighted by Gasteiger charge is -2.23. The number of carboxylic acid groups (broad SMARTS) is 1. The fourth-order valence-corrected chi connectivity index (χ4v) is 0.804. The van der Waals surface area contributed by atoms with Crippen molar-refractivity contribution in [3.8, 4) is 0 Å². The predicted molar refractivity (Wildman–Crippen MR) is 43.8 cm³/mol. The number of hydrogen-bond acceptors (Lipinski definition) is 7. The number of carboxylic acids is 1. The molecule has 0 aliphatic carbocycles. The minimum Gasteiger partial charge on any atom is -0.475 e. The van der Waals surface area contributed by atoms with E-state index in [2.05, 4.69) is 0 Å². The molecule has 0 amide bonds. The topological polar surface area (TPSA) is 156 Å². The SMILES string of the molecule is O=C(O)C(=O)[C@H](O)[C@@H](O)[C@H](O)[C@H](O)CO. The number of carbonyl (C=O) groups is 2. The van der Waals surface area contributed by atoms with Gasteiger partial charge in [0.25, 0.3) is 5.78 Å². The molecule has 0 aromatic heterocycles. The second-order valence-electron chi connectivity index (χ2n) is 2.85. The first kappa shape index (κ1) is 13.9. The van der Waals surface area contributed by atoms with Gasteiger partial charge in [-0.2, -0.15) is 0 Å². The maximum Gasteiger partial charge on any atom is 0.375 e. The van der Waals surface area contributed by atoms with Gasteiger partial charge < -0.3 is 30.6 Å². The molecule has 8 nitrogen and oxygen atoms in total. The zero-order chi connectivity index (χ0) is 12.2. The number of aliphatic hydroxyl groups excluding tert-OH is 5. The minimum absolute atomic E-state index is 0.911. The predicted octanol–water partition coefficient (Wildman–Crippen LogP) is -3.92. The molecule has 0 aliphatic heterocycles. The van der Waals surface area contributed by atoms with Gasteiger partial charge in [0.05, 0.1) is 6.61 Å². The minimum atomic E-state index is -2.36. The van der Waals surface area contributed by atoms with E-state index >= 15 is 0 Å². The Morgan fingerprint density at radius 1 is 1.00 bits per heavy atom. The highest BCUT2D eigenvalue weighted by Crippen LogP contribution is 2.06. The lowest BCUT2D eigenvalue weighted by Crippen LogP contribution is -2.50. The number of ketones is 1. The van der Waals surface area contributed by atoms with E-state index in [1.807, 2.05) is 0 Å². The summed E-state index contributed by atoms with van der Waals surface area (Å²) >= 11 is 0. The van der Waals surface area contributed by atoms with Crippen LogP contribution in [0.1, 0.15) is 0 Å². The molecule has 8 heteroatoms. The quantitative estimate of drug-likeness (QED) is 0.250. The Labute approximate surface area is 84.0 Å². The van der Waals surface area contributed by atoms with Crippen molar-refractivity contribution in [1.29, 1.82) is 0 Å². The van der Waals surface area contributed by atoms with Crippen LogP contribution in [-0.4, -0.2) is 73.4 Å². The van der Waals surface area contributed by atoms with Crippen LogP contribution in [0.2, 0.25) is 0 Å². The van der Waals surface area contributed by atoms with Gasteiger partial charge in [0.15, 0.2) is 6.10 Å². The van der Waals surface area contributed by atoms with Crippen LogP contribution in [0.15, 0.2) is 0 Å². The molecule has 0 aromatic rings. The molecule has 88 valence electrons. The van der Waals surface area contributed by atoms with E-state index in [1.165, 1.54) is 0 Å². The van der Waals surface area contributed by atoms with Crippen molar-refractivity contribution in [3.63, 3.8) is 0 Å². The molecule has 0 radical (unpaired) electrons. The molecule has 6 N–H and O–H groups in total. The van der Waals surface area contributed by atoms with Crippen molar-refractivity contribution in [1.82, 2.24) is 0 Å². The number of aliphatic carboxylic acids is 1. The Morgan fingerprint density at radius 2 is 1.47 bits per heavy atom. The van der Waals surface area contributed by atoms with Gasteiger partial charge >= 0.3 is 5.97 Å². The third kappa shape index (κ3) is 3.53. The van der Waals surface area contributed by atoms with Crippen molar-refractivity contribution >= 4 is 11.8 Å². The molecular formula is C7H12O8. The average Bonchev–Trinajstić information content (AvgIpc) is 2.23. The van der Waals surface area contributed by atoms with Crippen molar-refractivity contribution in [3.05, 3.63) is 0 Å². The zero-order valence-electron chi connectivity index (χ0n) is 7.52. The average molecular weight is 224 g/mol. The van der Waals surface area contributed by atoms with Crippen molar-refractivity contribution < 1.29 is 40.2 Å². The Hall–Kier alpha value is -1.06. The fourth-order valence-electron chi connectivity index (χ4n) is 0.804. The highest BCUT2D eigenvalue weighted by Gasteiger charge is 2.36. The third-order valence-electron chi connectivity index (χ3n) is 1.73. The number of hydrogen-bond donors (Lipinski definition) is 6. The van der Waals surface area contributed by atoms with Gasteiger partial charge in [0.2, 0.25) is 0 Å². The number of aliphatic hydroxyl groups is 5. The lowest BCUT2D eigenvalue weighted by molar-refractivity contribution is -0.162. The number of carbonyl (C=O) groups excluding carboxylic acids is 1. The van der Waals surface area contributed by atoms with Gasteiger partial charge in [0.1, 0.15) is 18.3 Å². The molecule has 0 bridgehead atoms. The zero-order valence-corrected chi connectivity index (χ0v) is 7.52. The van der Waals surface area contributed by atoms with Crippen LogP contribution in [0.4, 0.5) is 0 Å². The second kappa shape index (κ2) is 5.73. The summed E-state index contributed by atoms with van der Waals surface area (Å²) in [7, 11) is 0. The summed E-state index contributed by atoms with van der Waals surface area (Å²) in [6, 6.07) is 0. The van der Waals surface area contributed by atoms with Crippen LogP contribution >= 0.6 is 0 Å². The third-order valence-corrected chi connectivity index (χ3v) is 1.73. The van der Waals surface area contributed by atoms with Gasteiger partial charge in [0, 0.05) is 0 Å². The molecule has 0 rings (SSSR count). The molecule has 0 aliphatic rings. The largest absolute Gasteiger partial charge is 0.475 e. The van der Waals surface area contributed by atoms with Crippen LogP contribution in [0, 0.1) is 0 Å². The Kier molecular flexibility index (Phi) is 5.33. The van der Waals surface area contributed by atoms with Gasteiger partial charge in [-0.3, -0.25) is 4.79 Å². The summed E-state index contributed by atoms with van der Waals surface area (Å²) in [6.45, 7) is -0.911. The van der Waals surface area contributed by atoms with Gasteiger partial charge in [-0.1, -0.05) is 0 Å². The van der Waals surface area contributed by atoms with Crippen molar-refractivity contribution in [2.45, 2.75) is 24.4 Å². The first-order valence-corrected chi connectivity index (χ1v) is 3.93. The van der Waals surface area contributed by atoms with Crippen LogP contribution in [-0.2, 0) is 9.59 Å². The van der Waals surface area contributed by atoms with Gasteiger partial charge in [-0.25, -0.2) is 4.79 Å². The number of rotatable bonds is 6. The molecule has 0 saturated heterocycles. The molecule has 0 unspecified atom stereocenters. The first-order valence-electron chi connectivity index (χ1n) is 3.93. The molecule has 0 saturated carbocycles. The Morgan fingerprint density at radius 3 is 1.80 bits per heavy atom. The molecule has 4 atom stereocenters. The van der Waals surface area contributed by atoms with E-state index in [0.717, 1.165) is 0 Å². The van der Waals surface area contributed by atoms with Crippen molar-refractivity contribution in [2.75, 3.05) is 6.61 Å². The van der Waals surface area contributed by atoms with E-state index in [9.17, 15) is 9.59 Å². The maximum absolute atomic E-state index is 10.6. The van der Waals surface area contributed by atoms with Crippen LogP contribution in [0.5, 0.6) is 0 Å². The Bertz CT molecular complexity index is 239. The highest BCUT2D eigenvalue weighted by molar-refractivity contribution is 6.34. The molecule has 0 fully saturated rings. The normalized spacial score (nSPS) is 19.0. The monoisotopic (exact) mass is 224 g/mol. The summed E-state index contributed by atoms with van der Waals surface area (Å²) in [5.74, 6) is -3.70. The molecule has 0 aromatic carbocycles. The standard InChI is InChI=1S/C7H12O8/c8-1-2(9)3(10)4(11)5(12)6(13)7(14)15/h2-5,8-12H,1H2,(H,14,15)/t2-,3-,4+,5-/m1/s1. The molecular weight excluding hydrogens is 212 g/mol. The van der Waals surface area contributed by atoms with Crippen LogP contribution in [0.3, 0.4) is 0 Å². The van der Waals surface area contributed by atoms with E-state index in [1.54, 1.807) is 0 Å². The van der Waals surface area contributed by atoms with Gasteiger partial charge in [-0.05, 0) is 0 Å². The summed E-state index contributed by atoms with van der Waals surface area (Å²) in [6.07, 6.45) is -8.35. The molecule has 15 heavy (non-hydrogen) atoms. The second-order valence-corrected chi connectivity index (χ2v) is 2.85. The smallest absolute Gasteiger partial charge is 0.375 e. The maximum atomic E-state index is 10.6. The Balaban J connectivity index is 4.50. The van der Waals surface area contributed by atoms with E-state index in [-0.39, 0.29) is 0 Å². The van der Waals surface area contributed by atoms with Crippen LogP contribution in [0.25, 0.3) is 0 Å². The summed E-state index contributed by atoms with van der Waals surface area (Å²) < 4.78 is 0. The summed E-state index contributed by atoms with van der Waals surface area (Å²) in [5, 5.41) is 52.4. The first-order chi connectivity index (χ1) is 6.82. The lowest BCUT2D eigenvalue weighted by atomic mass is 10.0. The summed E-state index contributed by atoms with van der Waals surface area (Å²) in [5.41, 5.74) is 0. The fraction of sp³-hybridized carbons (Fsp3) is 0.714. The number of Topliss-reactive ketones (excluding diaryl/α,β-unsaturated/α-hetero) is 1. The molecule has 0 heterocycles. The van der Waals surface area contributed by atoms with E-state index < -0.39 is 42.8 Å². The van der Waals surface area contributed by atoms with Crippen molar-refractivity contribution in [2.24, 2.45) is 0 Å². The van der Waals surface area contributed by atoms with Crippen LogP contribution < -0.4 is 0 Å².